The van der Waals surface area contributed by atoms with Gasteiger partial charge in [-0.15, -0.1) is 5.10 Å². The van der Waals surface area contributed by atoms with Crippen molar-refractivity contribution in [2.24, 2.45) is 0 Å². The lowest BCUT2D eigenvalue weighted by Crippen LogP contribution is -2.18. The number of anilines is 8. The molecule has 0 fully saturated rings. The van der Waals surface area contributed by atoms with Gasteiger partial charge in [-0.05, 0) is 236 Å². The number of aromatic nitrogens is 17. The second-order valence-corrected chi connectivity index (χ2v) is 27.0. The third-order valence-electron chi connectivity index (χ3n) is 19.7. The molecule has 0 saturated carbocycles. The maximum atomic E-state index is 5.36. The van der Waals surface area contributed by atoms with Gasteiger partial charge in [-0.2, -0.15) is 0 Å². The van der Waals surface area contributed by atoms with Gasteiger partial charge in [0.1, 0.15) is 41.0 Å². The number of benzene rings is 4. The van der Waals surface area contributed by atoms with Crippen molar-refractivity contribution in [2.75, 3.05) is 45.8 Å². The first-order valence-electron chi connectivity index (χ1n) is 37.2. The number of imidazole rings is 3. The largest absolute Gasteiger partial charge is 0.361 e. The molecule has 568 valence electrons. The van der Waals surface area contributed by atoms with Crippen LogP contribution in [0.3, 0.4) is 0 Å². The highest BCUT2D eigenvalue weighted by atomic mass is 16.5. The molecule has 25 nitrogen and oxygen atoms in total. The highest BCUT2D eigenvalue weighted by Crippen LogP contribution is 2.40. The monoisotopic (exact) mass is 1490 g/mol. The van der Waals surface area contributed by atoms with E-state index >= 15 is 0 Å². The third-order valence-corrected chi connectivity index (χ3v) is 19.7. The number of pyridine rings is 4. The molecule has 0 N–H and O–H groups in total. The van der Waals surface area contributed by atoms with E-state index in [-0.39, 0.29) is 0 Å². The molecule has 0 radical (unpaired) electrons. The fourth-order valence-electron chi connectivity index (χ4n) is 14.0. The van der Waals surface area contributed by atoms with Crippen LogP contribution in [-0.4, -0.2) is 110 Å². The van der Waals surface area contributed by atoms with Crippen molar-refractivity contribution in [1.29, 1.82) is 0 Å². The first-order chi connectivity index (χ1) is 54.3. The van der Waals surface area contributed by atoms with E-state index in [0.717, 1.165) is 196 Å². The van der Waals surface area contributed by atoms with Gasteiger partial charge in [-0.1, -0.05) is 50.1 Å². The molecule has 12 heterocycles. The summed E-state index contributed by atoms with van der Waals surface area (Å²) in [5, 5.41) is 24.2. The summed E-state index contributed by atoms with van der Waals surface area (Å²) in [6, 6.07) is 42.2. The van der Waals surface area contributed by atoms with E-state index in [4.69, 9.17) is 18.1 Å². The maximum Gasteiger partial charge on any atom is 0.143 e. The van der Waals surface area contributed by atoms with Gasteiger partial charge in [0.25, 0.3) is 0 Å². The summed E-state index contributed by atoms with van der Waals surface area (Å²) in [6.45, 7) is 35.8. The van der Waals surface area contributed by atoms with Gasteiger partial charge in [-0.25, -0.2) is 29.6 Å². The van der Waals surface area contributed by atoms with E-state index in [0.29, 0.717) is 0 Å². The Bertz CT molecular complexity index is 4960. The van der Waals surface area contributed by atoms with Gasteiger partial charge in [0.05, 0.1) is 94.2 Å². The van der Waals surface area contributed by atoms with E-state index in [1.807, 2.05) is 131 Å². The second kappa shape index (κ2) is 34.2. The molecule has 0 atom stereocenters. The van der Waals surface area contributed by atoms with Crippen LogP contribution in [0.5, 0.6) is 0 Å². The van der Waals surface area contributed by atoms with Crippen LogP contribution in [0.2, 0.25) is 0 Å². The summed E-state index contributed by atoms with van der Waals surface area (Å²) in [4.78, 5) is 39.8. The van der Waals surface area contributed by atoms with E-state index in [1.165, 1.54) is 11.1 Å². The third kappa shape index (κ3) is 16.5. The topological polar surface area (TPSA) is 253 Å². The zero-order valence-electron chi connectivity index (χ0n) is 66.1. The smallest absolute Gasteiger partial charge is 0.143 e. The van der Waals surface area contributed by atoms with Gasteiger partial charge in [-0.3, -0.25) is 14.5 Å². The summed E-state index contributed by atoms with van der Waals surface area (Å²) >= 11 is 0. The van der Waals surface area contributed by atoms with Gasteiger partial charge in [0.2, 0.25) is 0 Å². The summed E-state index contributed by atoms with van der Waals surface area (Å²) < 4.78 is 28.9. The summed E-state index contributed by atoms with van der Waals surface area (Å²) in [7, 11) is 0. The minimum absolute atomic E-state index is 0.785. The van der Waals surface area contributed by atoms with Crippen molar-refractivity contribution in [3.05, 3.63) is 283 Å². The van der Waals surface area contributed by atoms with Crippen molar-refractivity contribution in [2.45, 2.75) is 111 Å². The van der Waals surface area contributed by atoms with Crippen molar-refractivity contribution in [3.8, 4) is 67.5 Å². The first kappa shape index (κ1) is 76.5. The Balaban J connectivity index is 0.000000131. The fraction of sp³-hybridized carbons (Fsp3) is 0.230. The molecule has 0 unspecified atom stereocenters. The van der Waals surface area contributed by atoms with Crippen LogP contribution in [0.15, 0.2) is 233 Å². The van der Waals surface area contributed by atoms with Crippen LogP contribution in [0.25, 0.3) is 67.5 Å². The van der Waals surface area contributed by atoms with E-state index in [1.54, 1.807) is 60.8 Å². The van der Waals surface area contributed by atoms with Crippen molar-refractivity contribution in [3.63, 3.8) is 0 Å². The Hall–Kier alpha value is -13.7. The Morgan fingerprint density at radius 1 is 0.330 bits per heavy atom. The fourth-order valence-corrected chi connectivity index (χ4v) is 14.0. The number of aryl methyl sites for hydroxylation is 12. The molecule has 0 aliphatic rings. The van der Waals surface area contributed by atoms with Crippen molar-refractivity contribution in [1.82, 2.24) is 84.2 Å². The summed E-state index contributed by atoms with van der Waals surface area (Å²) in [6.07, 6.45) is 27.4. The quantitative estimate of drug-likeness (QED) is 0.0687. The Morgan fingerprint density at radius 2 is 0.777 bits per heavy atom. The molecule has 0 aliphatic carbocycles. The molecule has 12 aromatic heterocycles. The molecular formula is C87H91N21O4. The van der Waals surface area contributed by atoms with Gasteiger partial charge in [0, 0.05) is 138 Å². The second-order valence-electron chi connectivity index (χ2n) is 27.0. The number of rotatable bonds is 20. The van der Waals surface area contributed by atoms with Gasteiger partial charge < -0.3 is 46.8 Å². The lowest BCUT2D eigenvalue weighted by atomic mass is 10.0. The molecule has 0 amide bonds. The number of hydrogen-bond acceptors (Lipinski definition) is 21. The lowest BCUT2D eigenvalue weighted by molar-refractivity contribution is 0.393. The van der Waals surface area contributed by atoms with Crippen LogP contribution in [-0.2, 0) is 0 Å². The molecule has 0 bridgehead atoms. The Morgan fingerprint density at radius 3 is 1.21 bits per heavy atom. The van der Waals surface area contributed by atoms with E-state index in [2.05, 4.69) is 237 Å². The van der Waals surface area contributed by atoms with E-state index < -0.39 is 0 Å². The van der Waals surface area contributed by atoms with Crippen LogP contribution < -0.4 is 19.6 Å². The molecule has 25 heteroatoms. The minimum Gasteiger partial charge on any atom is -0.361 e. The van der Waals surface area contributed by atoms with Crippen LogP contribution in [0, 0.1) is 83.1 Å². The molecule has 16 rings (SSSR count). The average molecular weight is 1490 g/mol. The highest BCUT2D eigenvalue weighted by Gasteiger charge is 2.23. The Labute approximate surface area is 651 Å². The SMILES string of the molecule is CCN(c1ccc(-n2ccnc2)cc1)c1cc(-c2c(C)noc2C)cnc1C.CCN(c1ccc(-n2ccnc2)cc1)c1cc(-c2c(C)noc2C)ncc1C.CCN(c1ccc(-n2ccnc2)nc1)c1cc(-c2c(C)noc2C)ccc1C.CCN(c1ccc(-n2ccnn2)cn1)c1cc(-c2c(C)noc2C)ccc1C. The predicted molar refractivity (Wildman–Crippen MR) is 439 cm³/mol. The van der Waals surface area contributed by atoms with Crippen LogP contribution in [0.4, 0.5) is 45.6 Å². The Kier molecular flexibility index (Phi) is 23.4. The average Bonchev–Trinajstić information content (AvgIpc) is 1.60. The lowest BCUT2D eigenvalue weighted by Gasteiger charge is -2.25. The zero-order chi connectivity index (χ0) is 78.7. The predicted octanol–water partition coefficient (Wildman–Crippen LogP) is 19.4. The molecule has 0 aliphatic heterocycles. The van der Waals surface area contributed by atoms with Crippen molar-refractivity contribution >= 4 is 45.6 Å². The standard InChI is InChI=1S/3C22H23N5O.C21H22N6O/c1-5-27(20-8-6-19(7-9-20)26-11-10-23-14-26)21-12-18(13-24-15(21)2)22-16(3)25-28-17(22)4;1-5-27(19-8-6-18(7-9-19)26-11-10-23-14-26)21-12-20(24-13-15(21)2)22-16(3)25-28-17(22)4;1-5-27(19-8-9-21(24-13-19)26-11-10-23-14-26)20-12-18(7-6-15(20)2)22-16(3)25-28-17(22)4;1-5-26(20-9-8-18(13-22-20)27-11-10-23-25-27)19-12-17(7-6-14(19)2)21-15(3)24-28-16(21)4/h3*6-14H,5H2,1-4H3;6-13H,5H2,1-4H3. The van der Waals surface area contributed by atoms with Gasteiger partial charge >= 0.3 is 0 Å². The number of nitrogens with zero attached hydrogens (tertiary/aromatic N) is 21. The summed E-state index contributed by atoms with van der Waals surface area (Å²) in [5.41, 5.74) is 27.0. The molecule has 4 aromatic carbocycles. The van der Waals surface area contributed by atoms with E-state index in [9.17, 15) is 0 Å². The normalized spacial score (nSPS) is 11.0. The van der Waals surface area contributed by atoms with Crippen LogP contribution in [0.1, 0.15) is 95.9 Å². The molecule has 16 aromatic rings. The summed E-state index contributed by atoms with van der Waals surface area (Å²) in [5.74, 6) is 4.98. The number of hydrogen-bond donors (Lipinski definition) is 0. The van der Waals surface area contributed by atoms with Crippen molar-refractivity contribution < 1.29 is 18.1 Å². The van der Waals surface area contributed by atoms with Gasteiger partial charge in [0.15, 0.2) is 0 Å². The highest BCUT2D eigenvalue weighted by molar-refractivity contribution is 5.80. The molecular weight excluding hydrogens is 1400 g/mol. The maximum absolute atomic E-state index is 5.36. The molecule has 112 heavy (non-hydrogen) atoms. The molecule has 0 spiro atoms. The minimum atomic E-state index is 0.785. The zero-order valence-corrected chi connectivity index (χ0v) is 66.1. The first-order valence-corrected chi connectivity index (χ1v) is 37.2. The molecule has 0 saturated heterocycles. The van der Waals surface area contributed by atoms with Crippen LogP contribution >= 0.6 is 0 Å².